The van der Waals surface area contributed by atoms with E-state index < -0.39 is 0 Å². The van der Waals surface area contributed by atoms with Gasteiger partial charge in [0.1, 0.15) is 17.5 Å². The average molecular weight is 369 g/mol. The molecule has 0 radical (unpaired) electrons. The first-order valence-electron chi connectivity index (χ1n) is 8.12. The minimum atomic E-state index is 0.248. The van der Waals surface area contributed by atoms with Gasteiger partial charge in [-0.3, -0.25) is 0 Å². The Balaban J connectivity index is 1.59. The highest BCUT2D eigenvalue weighted by Gasteiger charge is 2.13. The van der Waals surface area contributed by atoms with E-state index in [0.29, 0.717) is 28.2 Å². The predicted molar refractivity (Wildman–Crippen MR) is 102 cm³/mol. The lowest BCUT2D eigenvalue weighted by Gasteiger charge is -2.12. The van der Waals surface area contributed by atoms with E-state index in [9.17, 15) is 0 Å². The first kappa shape index (κ1) is 16.5. The molecule has 132 valence electrons. The molecule has 0 atom stereocenters. The van der Waals surface area contributed by atoms with Crippen molar-refractivity contribution >= 4 is 34.6 Å². The number of anilines is 4. The molecule has 7 heteroatoms. The molecule has 26 heavy (non-hydrogen) atoms. The summed E-state index contributed by atoms with van der Waals surface area (Å²) < 4.78 is 10.7. The Morgan fingerprint density at radius 2 is 1.65 bits per heavy atom. The van der Waals surface area contributed by atoms with Crippen LogP contribution in [0.1, 0.15) is 11.4 Å². The smallest absolute Gasteiger partial charge is 0.231 e. The van der Waals surface area contributed by atoms with Gasteiger partial charge in [-0.2, -0.15) is 0 Å². The number of hydrogen-bond donors (Lipinski definition) is 2. The quantitative estimate of drug-likeness (QED) is 0.678. The molecule has 0 saturated carbocycles. The fourth-order valence-corrected chi connectivity index (χ4v) is 2.86. The normalized spacial score (nSPS) is 12.1. The van der Waals surface area contributed by atoms with Gasteiger partial charge in [0.05, 0.1) is 0 Å². The number of hydrogen-bond acceptors (Lipinski definition) is 6. The average Bonchev–Trinajstić information content (AvgIpc) is 3.05. The molecule has 0 unspecified atom stereocenters. The lowest BCUT2D eigenvalue weighted by atomic mass is 10.2. The van der Waals surface area contributed by atoms with E-state index in [1.54, 1.807) is 0 Å². The molecule has 0 amide bonds. The standard InChI is InChI=1S/C19H17ClN4O2/c1-11-3-4-13(20)7-15(11)24-19-9-18(21-12(2)22-19)23-14-5-6-16-17(8-14)26-10-25-16/h3-9H,10H2,1-2H3,(H2,21,22,23,24). The molecule has 6 nitrogen and oxygen atoms in total. The summed E-state index contributed by atoms with van der Waals surface area (Å²) in [5.41, 5.74) is 2.85. The summed E-state index contributed by atoms with van der Waals surface area (Å²) in [7, 11) is 0. The Bertz CT molecular complexity index is 978. The molecule has 0 saturated heterocycles. The molecule has 2 aromatic carbocycles. The maximum atomic E-state index is 6.09. The van der Waals surface area contributed by atoms with Crippen LogP contribution in [-0.4, -0.2) is 16.8 Å². The van der Waals surface area contributed by atoms with Crippen molar-refractivity contribution in [3.05, 3.63) is 58.9 Å². The maximum absolute atomic E-state index is 6.09. The second-order valence-corrected chi connectivity index (χ2v) is 6.40. The summed E-state index contributed by atoms with van der Waals surface area (Å²) in [5, 5.41) is 7.24. The van der Waals surface area contributed by atoms with E-state index in [2.05, 4.69) is 20.6 Å². The van der Waals surface area contributed by atoms with Crippen LogP contribution in [0, 0.1) is 13.8 Å². The third kappa shape index (κ3) is 3.50. The Morgan fingerprint density at radius 1 is 0.885 bits per heavy atom. The fourth-order valence-electron chi connectivity index (χ4n) is 2.68. The summed E-state index contributed by atoms with van der Waals surface area (Å²) in [5.74, 6) is 3.48. The van der Waals surface area contributed by atoms with Crippen molar-refractivity contribution in [2.24, 2.45) is 0 Å². The van der Waals surface area contributed by atoms with Gasteiger partial charge in [-0.25, -0.2) is 9.97 Å². The zero-order valence-electron chi connectivity index (χ0n) is 14.3. The summed E-state index contributed by atoms with van der Waals surface area (Å²) in [4.78, 5) is 8.89. The molecule has 0 bridgehead atoms. The summed E-state index contributed by atoms with van der Waals surface area (Å²) >= 11 is 6.09. The van der Waals surface area contributed by atoms with Crippen molar-refractivity contribution in [1.82, 2.24) is 9.97 Å². The Morgan fingerprint density at radius 3 is 2.50 bits per heavy atom. The van der Waals surface area contributed by atoms with E-state index >= 15 is 0 Å². The molecule has 0 aliphatic carbocycles. The summed E-state index contributed by atoms with van der Waals surface area (Å²) in [6, 6.07) is 13.2. The number of benzene rings is 2. The number of rotatable bonds is 4. The molecule has 2 N–H and O–H groups in total. The number of ether oxygens (including phenoxy) is 2. The number of nitrogens with one attached hydrogen (secondary N) is 2. The molecule has 3 aromatic rings. The van der Waals surface area contributed by atoms with Crippen LogP contribution in [0.4, 0.5) is 23.0 Å². The molecule has 1 aromatic heterocycles. The second kappa shape index (κ2) is 6.72. The molecule has 0 spiro atoms. The number of nitrogens with zero attached hydrogens (tertiary/aromatic N) is 2. The van der Waals surface area contributed by atoms with Gasteiger partial charge in [0.2, 0.25) is 6.79 Å². The van der Waals surface area contributed by atoms with Crippen molar-refractivity contribution in [1.29, 1.82) is 0 Å². The Labute approximate surface area is 156 Å². The van der Waals surface area contributed by atoms with Gasteiger partial charge in [0.15, 0.2) is 11.5 Å². The maximum Gasteiger partial charge on any atom is 0.231 e. The van der Waals surface area contributed by atoms with Crippen LogP contribution in [-0.2, 0) is 0 Å². The predicted octanol–water partition coefficient (Wildman–Crippen LogP) is 4.96. The first-order chi connectivity index (χ1) is 12.6. The highest BCUT2D eigenvalue weighted by molar-refractivity contribution is 6.30. The van der Waals surface area contributed by atoms with E-state index in [1.165, 1.54) is 0 Å². The molecular formula is C19H17ClN4O2. The van der Waals surface area contributed by atoms with Crippen molar-refractivity contribution in [3.8, 4) is 11.5 Å². The van der Waals surface area contributed by atoms with Crippen LogP contribution in [0.3, 0.4) is 0 Å². The van der Waals surface area contributed by atoms with E-state index in [-0.39, 0.29) is 6.79 Å². The SMILES string of the molecule is Cc1nc(Nc2ccc3c(c2)OCO3)cc(Nc2cc(Cl)ccc2C)n1. The van der Waals surface area contributed by atoms with E-state index in [0.717, 1.165) is 22.7 Å². The van der Waals surface area contributed by atoms with Crippen molar-refractivity contribution in [3.63, 3.8) is 0 Å². The largest absolute Gasteiger partial charge is 0.454 e. The summed E-state index contributed by atoms with van der Waals surface area (Å²) in [6.45, 7) is 4.11. The van der Waals surface area contributed by atoms with Gasteiger partial charge < -0.3 is 20.1 Å². The lowest BCUT2D eigenvalue weighted by Crippen LogP contribution is -2.02. The zero-order chi connectivity index (χ0) is 18.1. The molecule has 1 aliphatic rings. The summed E-state index contributed by atoms with van der Waals surface area (Å²) in [6.07, 6.45) is 0. The van der Waals surface area contributed by atoms with Crippen molar-refractivity contribution in [2.75, 3.05) is 17.4 Å². The van der Waals surface area contributed by atoms with Crippen molar-refractivity contribution in [2.45, 2.75) is 13.8 Å². The van der Waals surface area contributed by atoms with Gasteiger partial charge in [-0.1, -0.05) is 17.7 Å². The van der Waals surface area contributed by atoms with Crippen LogP contribution < -0.4 is 20.1 Å². The highest BCUT2D eigenvalue weighted by Crippen LogP contribution is 2.35. The van der Waals surface area contributed by atoms with E-state index in [4.69, 9.17) is 21.1 Å². The number of halogens is 1. The van der Waals surface area contributed by atoms with Crippen LogP contribution in [0.2, 0.25) is 5.02 Å². The van der Waals surface area contributed by atoms with Crippen LogP contribution >= 0.6 is 11.6 Å². The van der Waals surface area contributed by atoms with Gasteiger partial charge in [0.25, 0.3) is 0 Å². The highest BCUT2D eigenvalue weighted by atomic mass is 35.5. The van der Waals surface area contributed by atoms with Crippen molar-refractivity contribution < 1.29 is 9.47 Å². The molecule has 1 aliphatic heterocycles. The van der Waals surface area contributed by atoms with Crippen LogP contribution in [0.25, 0.3) is 0 Å². The Hall–Kier alpha value is -2.99. The van der Waals surface area contributed by atoms with Gasteiger partial charge in [-0.15, -0.1) is 0 Å². The number of fused-ring (bicyclic) bond motifs is 1. The monoisotopic (exact) mass is 368 g/mol. The third-order valence-corrected chi connectivity index (χ3v) is 4.18. The fraction of sp³-hybridized carbons (Fsp3) is 0.158. The van der Waals surface area contributed by atoms with Crippen LogP contribution in [0.5, 0.6) is 11.5 Å². The molecule has 4 rings (SSSR count). The lowest BCUT2D eigenvalue weighted by molar-refractivity contribution is 0.174. The topological polar surface area (TPSA) is 68.3 Å². The minimum Gasteiger partial charge on any atom is -0.454 e. The minimum absolute atomic E-state index is 0.248. The number of aromatic nitrogens is 2. The van der Waals surface area contributed by atoms with E-state index in [1.807, 2.05) is 56.3 Å². The molecular weight excluding hydrogens is 352 g/mol. The molecule has 0 fully saturated rings. The van der Waals surface area contributed by atoms with Gasteiger partial charge in [0, 0.05) is 28.5 Å². The Kier molecular flexibility index (Phi) is 4.26. The second-order valence-electron chi connectivity index (χ2n) is 5.96. The molecule has 2 heterocycles. The zero-order valence-corrected chi connectivity index (χ0v) is 15.1. The third-order valence-electron chi connectivity index (χ3n) is 3.95. The van der Waals surface area contributed by atoms with Gasteiger partial charge >= 0.3 is 0 Å². The first-order valence-corrected chi connectivity index (χ1v) is 8.50. The van der Waals surface area contributed by atoms with Crippen LogP contribution in [0.15, 0.2) is 42.5 Å². The van der Waals surface area contributed by atoms with Gasteiger partial charge in [-0.05, 0) is 43.7 Å². The number of aryl methyl sites for hydroxylation is 2.